The van der Waals surface area contributed by atoms with Crippen LogP contribution in [0.4, 0.5) is 0 Å². The van der Waals surface area contributed by atoms with E-state index in [1.165, 1.54) is 11.3 Å². The van der Waals surface area contributed by atoms with Crippen molar-refractivity contribution >= 4 is 6.08 Å². The minimum absolute atomic E-state index is 1.10. The van der Waals surface area contributed by atoms with E-state index in [4.69, 9.17) is 0 Å². The number of hydrogen-bond donors (Lipinski definition) is 0. The molecule has 2 nitrogen and oxygen atoms in total. The molecule has 0 saturated carbocycles. The Morgan fingerprint density at radius 1 is 1.60 bits per heavy atom. The molecule has 1 aromatic heterocycles. The first-order valence-electron chi connectivity index (χ1n) is 3.55. The van der Waals surface area contributed by atoms with E-state index in [1.54, 1.807) is 0 Å². The number of rotatable bonds is 0. The van der Waals surface area contributed by atoms with Crippen molar-refractivity contribution in [2.75, 3.05) is 0 Å². The average molecular weight is 134 g/mol. The first kappa shape index (κ1) is 5.71. The number of fused-ring (bicyclic) bond motifs is 1. The van der Waals surface area contributed by atoms with Crippen LogP contribution in [0.3, 0.4) is 0 Å². The van der Waals surface area contributed by atoms with E-state index in [-0.39, 0.29) is 0 Å². The molecule has 0 aliphatic heterocycles. The maximum atomic E-state index is 4.32. The molecule has 0 unspecified atom stereocenters. The molecule has 1 heterocycles. The van der Waals surface area contributed by atoms with E-state index in [0.29, 0.717) is 0 Å². The first-order valence-corrected chi connectivity index (χ1v) is 3.55. The predicted octanol–water partition coefficient (Wildman–Crippen LogP) is 1.38. The molecule has 0 aromatic carbocycles. The topological polar surface area (TPSA) is 17.8 Å². The molecule has 52 valence electrons. The highest BCUT2D eigenvalue weighted by Gasteiger charge is 2.06. The van der Waals surface area contributed by atoms with Crippen LogP contribution in [0.25, 0.3) is 6.08 Å². The number of aryl methyl sites for hydroxylation is 2. The number of aromatic nitrogens is 2. The maximum absolute atomic E-state index is 4.32. The summed E-state index contributed by atoms with van der Waals surface area (Å²) in [5, 5.41) is 4.32. The van der Waals surface area contributed by atoms with Gasteiger partial charge in [0.2, 0.25) is 0 Å². The zero-order chi connectivity index (χ0) is 6.97. The molecule has 10 heavy (non-hydrogen) atoms. The Morgan fingerprint density at radius 3 is 3.30 bits per heavy atom. The SMILES string of the molecule is Cn1cc2c(n1)CCC=C2. The van der Waals surface area contributed by atoms with Crippen molar-refractivity contribution in [3.8, 4) is 0 Å². The van der Waals surface area contributed by atoms with Crippen LogP contribution < -0.4 is 0 Å². The standard InChI is InChI=1S/C8H10N2/c1-10-6-7-4-2-3-5-8(7)9-10/h2,4,6H,3,5H2,1H3. The van der Waals surface area contributed by atoms with Gasteiger partial charge in [-0.2, -0.15) is 5.10 Å². The van der Waals surface area contributed by atoms with Crippen molar-refractivity contribution in [2.45, 2.75) is 12.8 Å². The molecule has 0 N–H and O–H groups in total. The van der Waals surface area contributed by atoms with Gasteiger partial charge in [0.25, 0.3) is 0 Å². The molecule has 0 bridgehead atoms. The molecular weight excluding hydrogens is 124 g/mol. The quantitative estimate of drug-likeness (QED) is 0.524. The molecule has 0 fully saturated rings. The lowest BCUT2D eigenvalue weighted by Gasteiger charge is -1.99. The van der Waals surface area contributed by atoms with Gasteiger partial charge in [-0.05, 0) is 12.8 Å². The second-order valence-electron chi connectivity index (χ2n) is 2.65. The van der Waals surface area contributed by atoms with E-state index >= 15 is 0 Å². The van der Waals surface area contributed by atoms with Gasteiger partial charge in [-0.15, -0.1) is 0 Å². The van der Waals surface area contributed by atoms with Gasteiger partial charge in [-0.1, -0.05) is 12.2 Å². The highest BCUT2D eigenvalue weighted by atomic mass is 15.2. The third-order valence-electron chi connectivity index (χ3n) is 1.78. The molecule has 2 heteroatoms. The van der Waals surface area contributed by atoms with Crippen molar-refractivity contribution in [3.63, 3.8) is 0 Å². The first-order chi connectivity index (χ1) is 4.86. The van der Waals surface area contributed by atoms with Gasteiger partial charge in [0, 0.05) is 18.8 Å². The van der Waals surface area contributed by atoms with Gasteiger partial charge in [0.1, 0.15) is 0 Å². The maximum Gasteiger partial charge on any atom is 0.0699 e. The number of nitrogens with zero attached hydrogens (tertiary/aromatic N) is 2. The monoisotopic (exact) mass is 134 g/mol. The lowest BCUT2D eigenvalue weighted by atomic mass is 10.1. The summed E-state index contributed by atoms with van der Waals surface area (Å²) in [5.41, 5.74) is 2.53. The minimum Gasteiger partial charge on any atom is -0.275 e. The summed E-state index contributed by atoms with van der Waals surface area (Å²) in [6, 6.07) is 0. The molecule has 1 aliphatic rings. The van der Waals surface area contributed by atoms with Gasteiger partial charge >= 0.3 is 0 Å². The summed E-state index contributed by atoms with van der Waals surface area (Å²) in [5.74, 6) is 0. The van der Waals surface area contributed by atoms with Crippen LogP contribution in [-0.4, -0.2) is 9.78 Å². The van der Waals surface area contributed by atoms with E-state index in [9.17, 15) is 0 Å². The molecule has 0 amide bonds. The summed E-state index contributed by atoms with van der Waals surface area (Å²) in [7, 11) is 1.96. The van der Waals surface area contributed by atoms with Crippen LogP contribution in [0.2, 0.25) is 0 Å². The lowest BCUT2D eigenvalue weighted by molar-refractivity contribution is 0.739. The van der Waals surface area contributed by atoms with Gasteiger partial charge < -0.3 is 0 Å². The van der Waals surface area contributed by atoms with Crippen LogP contribution in [-0.2, 0) is 13.5 Å². The van der Waals surface area contributed by atoms with E-state index in [2.05, 4.69) is 23.4 Å². The largest absolute Gasteiger partial charge is 0.275 e. The average Bonchev–Trinajstić information content (AvgIpc) is 2.27. The lowest BCUT2D eigenvalue weighted by Crippen LogP contribution is -1.92. The van der Waals surface area contributed by atoms with Crippen molar-refractivity contribution in [1.29, 1.82) is 0 Å². The fourth-order valence-electron chi connectivity index (χ4n) is 1.32. The van der Waals surface area contributed by atoms with Gasteiger partial charge in [-0.3, -0.25) is 4.68 Å². The van der Waals surface area contributed by atoms with Crippen molar-refractivity contribution in [2.24, 2.45) is 7.05 Å². The van der Waals surface area contributed by atoms with Crippen LogP contribution in [0, 0.1) is 0 Å². The van der Waals surface area contributed by atoms with Gasteiger partial charge in [-0.25, -0.2) is 0 Å². The molecular formula is C8H10N2. The van der Waals surface area contributed by atoms with Gasteiger partial charge in [0.05, 0.1) is 5.69 Å². The summed E-state index contributed by atoms with van der Waals surface area (Å²) in [6.45, 7) is 0. The second-order valence-corrected chi connectivity index (χ2v) is 2.65. The van der Waals surface area contributed by atoms with E-state index in [0.717, 1.165) is 12.8 Å². The van der Waals surface area contributed by atoms with Crippen LogP contribution in [0.1, 0.15) is 17.7 Å². The third-order valence-corrected chi connectivity index (χ3v) is 1.78. The van der Waals surface area contributed by atoms with E-state index < -0.39 is 0 Å². The summed E-state index contributed by atoms with van der Waals surface area (Å²) >= 11 is 0. The Kier molecular flexibility index (Phi) is 1.13. The Morgan fingerprint density at radius 2 is 2.50 bits per heavy atom. The third kappa shape index (κ3) is 0.764. The molecule has 1 aliphatic carbocycles. The Hall–Kier alpha value is -1.05. The normalized spacial score (nSPS) is 15.3. The van der Waals surface area contributed by atoms with Crippen molar-refractivity contribution in [3.05, 3.63) is 23.5 Å². The summed E-state index contributed by atoms with van der Waals surface area (Å²) < 4.78 is 1.88. The molecule has 1 aromatic rings. The van der Waals surface area contributed by atoms with Crippen LogP contribution in [0.15, 0.2) is 12.3 Å². The van der Waals surface area contributed by atoms with Crippen molar-refractivity contribution in [1.82, 2.24) is 9.78 Å². The minimum atomic E-state index is 1.10. The zero-order valence-electron chi connectivity index (χ0n) is 6.04. The molecule has 2 rings (SSSR count). The fraction of sp³-hybridized carbons (Fsp3) is 0.375. The zero-order valence-corrected chi connectivity index (χ0v) is 6.04. The number of hydrogen-bond acceptors (Lipinski definition) is 1. The Labute approximate surface area is 60.2 Å². The Balaban J connectivity index is 2.53. The molecule has 0 spiro atoms. The van der Waals surface area contributed by atoms with E-state index in [1.807, 2.05) is 11.7 Å². The summed E-state index contributed by atoms with van der Waals surface area (Å²) in [6.07, 6.45) is 8.65. The second kappa shape index (κ2) is 1.97. The number of allylic oxidation sites excluding steroid dienone is 1. The molecule has 0 radical (unpaired) electrons. The predicted molar refractivity (Wildman–Crippen MR) is 40.6 cm³/mol. The smallest absolute Gasteiger partial charge is 0.0699 e. The molecule has 0 atom stereocenters. The fourth-order valence-corrected chi connectivity index (χ4v) is 1.32. The molecule has 0 saturated heterocycles. The summed E-state index contributed by atoms with van der Waals surface area (Å²) in [4.78, 5) is 0. The van der Waals surface area contributed by atoms with Crippen LogP contribution >= 0.6 is 0 Å². The Bertz CT molecular complexity index is 271. The van der Waals surface area contributed by atoms with Crippen LogP contribution in [0.5, 0.6) is 0 Å². The van der Waals surface area contributed by atoms with Gasteiger partial charge in [0.15, 0.2) is 0 Å². The highest BCUT2D eigenvalue weighted by molar-refractivity contribution is 5.53. The van der Waals surface area contributed by atoms with Crippen molar-refractivity contribution < 1.29 is 0 Å². The highest BCUT2D eigenvalue weighted by Crippen LogP contribution is 2.15.